The number of nitrogens with zero attached hydrogens (tertiary/aromatic N) is 4. The van der Waals surface area contributed by atoms with Crippen molar-refractivity contribution in [1.29, 1.82) is 0 Å². The first-order chi connectivity index (χ1) is 13.1. The number of carbonyl (C=O) groups excluding carboxylic acids is 1. The first-order valence-corrected chi connectivity index (χ1v) is 8.62. The summed E-state index contributed by atoms with van der Waals surface area (Å²) in [6.07, 6.45) is 4.90. The molecule has 3 heterocycles. The summed E-state index contributed by atoms with van der Waals surface area (Å²) in [4.78, 5) is 22.6. The van der Waals surface area contributed by atoms with Crippen LogP contribution in [0.15, 0.2) is 30.6 Å². The molecule has 1 unspecified atom stereocenters. The molecule has 0 spiro atoms. The molecule has 1 aromatic carbocycles. The number of H-pyrrole nitrogens is 1. The highest BCUT2D eigenvalue weighted by Crippen LogP contribution is 2.29. The van der Waals surface area contributed by atoms with Gasteiger partial charge in [0.25, 0.3) is 5.91 Å². The van der Waals surface area contributed by atoms with E-state index in [1.54, 1.807) is 17.3 Å². The highest BCUT2D eigenvalue weighted by atomic mass is 19.1. The second kappa shape index (κ2) is 7.26. The van der Waals surface area contributed by atoms with Crippen LogP contribution in [-0.2, 0) is 4.79 Å². The summed E-state index contributed by atoms with van der Waals surface area (Å²) in [7, 11) is 0. The van der Waals surface area contributed by atoms with Gasteiger partial charge in [-0.15, -0.1) is 0 Å². The lowest BCUT2D eigenvalue weighted by atomic mass is 9.94. The molecule has 0 radical (unpaired) electrons. The predicted octanol–water partition coefficient (Wildman–Crippen LogP) is 2.42. The summed E-state index contributed by atoms with van der Waals surface area (Å²) < 4.78 is 31.8. The zero-order valence-electron chi connectivity index (χ0n) is 14.4. The molecule has 3 aromatic rings. The first kappa shape index (κ1) is 17.3. The maximum absolute atomic E-state index is 13.6. The molecular weight excluding hydrogens is 356 g/mol. The van der Waals surface area contributed by atoms with Gasteiger partial charge in [-0.1, -0.05) is 0 Å². The Labute approximate surface area is 153 Å². The van der Waals surface area contributed by atoms with Gasteiger partial charge in [-0.25, -0.2) is 18.7 Å². The van der Waals surface area contributed by atoms with E-state index in [1.807, 2.05) is 0 Å². The van der Waals surface area contributed by atoms with Crippen LogP contribution >= 0.6 is 0 Å². The monoisotopic (exact) mass is 373 g/mol. The van der Waals surface area contributed by atoms with Crippen molar-refractivity contribution in [2.24, 2.45) is 0 Å². The number of aromatic nitrogens is 4. The largest absolute Gasteiger partial charge is 0.481 e. The van der Waals surface area contributed by atoms with Gasteiger partial charge in [0.05, 0.1) is 5.69 Å². The van der Waals surface area contributed by atoms with Crippen molar-refractivity contribution in [2.45, 2.75) is 18.8 Å². The Hall–Kier alpha value is -3.10. The van der Waals surface area contributed by atoms with Crippen LogP contribution in [0.4, 0.5) is 8.78 Å². The molecule has 9 heteroatoms. The second-order valence-corrected chi connectivity index (χ2v) is 6.41. The number of fused-ring (bicyclic) bond motifs is 1. The number of benzene rings is 1. The standard InChI is InChI=1S/C18H17F2N5O2/c19-12-3-4-14(13(20)8-12)27-10-15(26)25-7-1-2-11(9-25)16-17-18(24-23-16)22-6-5-21-17/h3-6,8,11H,1-2,7,9-10H2,(H,22,23,24). The number of ether oxygens (including phenoxy) is 1. The van der Waals surface area contributed by atoms with E-state index in [0.717, 1.165) is 30.7 Å². The topological polar surface area (TPSA) is 84.0 Å². The smallest absolute Gasteiger partial charge is 0.260 e. The summed E-state index contributed by atoms with van der Waals surface area (Å²) in [5.41, 5.74) is 2.12. The molecule has 140 valence electrons. The summed E-state index contributed by atoms with van der Waals surface area (Å²) in [6, 6.07) is 2.98. The van der Waals surface area contributed by atoms with Crippen LogP contribution in [0.1, 0.15) is 24.5 Å². The number of rotatable bonds is 4. The lowest BCUT2D eigenvalue weighted by Gasteiger charge is -2.32. The number of piperidine rings is 1. The van der Waals surface area contributed by atoms with E-state index in [0.29, 0.717) is 24.3 Å². The molecule has 1 N–H and O–H groups in total. The van der Waals surface area contributed by atoms with Crippen molar-refractivity contribution < 1.29 is 18.3 Å². The minimum Gasteiger partial charge on any atom is -0.481 e. The molecule has 0 bridgehead atoms. The zero-order valence-corrected chi connectivity index (χ0v) is 14.4. The van der Waals surface area contributed by atoms with Crippen LogP contribution in [-0.4, -0.2) is 50.7 Å². The minimum absolute atomic E-state index is 0.0620. The fourth-order valence-electron chi connectivity index (χ4n) is 3.32. The fourth-order valence-corrected chi connectivity index (χ4v) is 3.32. The van der Waals surface area contributed by atoms with Gasteiger partial charge in [0.15, 0.2) is 23.8 Å². The van der Waals surface area contributed by atoms with Gasteiger partial charge in [-0.3, -0.25) is 9.89 Å². The molecule has 2 aromatic heterocycles. The normalized spacial score (nSPS) is 17.3. The van der Waals surface area contributed by atoms with Crippen molar-refractivity contribution in [3.63, 3.8) is 0 Å². The molecule has 1 fully saturated rings. The minimum atomic E-state index is -0.832. The molecule has 4 rings (SSSR count). The van der Waals surface area contributed by atoms with Gasteiger partial charge in [0.1, 0.15) is 11.3 Å². The number of aromatic amines is 1. The first-order valence-electron chi connectivity index (χ1n) is 8.62. The van der Waals surface area contributed by atoms with Crippen molar-refractivity contribution >= 4 is 17.1 Å². The van der Waals surface area contributed by atoms with E-state index in [2.05, 4.69) is 20.2 Å². The SMILES string of the molecule is O=C(COc1ccc(F)cc1F)N1CCCC(c2[nH]nc3nccnc23)C1. The quantitative estimate of drug-likeness (QED) is 0.759. The van der Waals surface area contributed by atoms with E-state index < -0.39 is 11.6 Å². The molecule has 1 saturated heterocycles. The molecule has 1 atom stereocenters. The van der Waals surface area contributed by atoms with Crippen LogP contribution in [0, 0.1) is 11.6 Å². The van der Waals surface area contributed by atoms with Crippen LogP contribution < -0.4 is 4.74 Å². The Morgan fingerprint density at radius 3 is 3.00 bits per heavy atom. The predicted molar refractivity (Wildman–Crippen MR) is 92.1 cm³/mol. The average Bonchev–Trinajstić information content (AvgIpc) is 3.11. The average molecular weight is 373 g/mol. The van der Waals surface area contributed by atoms with Crippen molar-refractivity contribution in [1.82, 2.24) is 25.1 Å². The third kappa shape index (κ3) is 3.57. The summed E-state index contributed by atoms with van der Waals surface area (Å²) in [5.74, 6) is -1.86. The molecule has 1 aliphatic rings. The second-order valence-electron chi connectivity index (χ2n) is 6.41. The van der Waals surface area contributed by atoms with Gasteiger partial charge >= 0.3 is 0 Å². The van der Waals surface area contributed by atoms with Crippen LogP contribution in [0.25, 0.3) is 11.2 Å². The van der Waals surface area contributed by atoms with Crippen LogP contribution in [0.5, 0.6) is 5.75 Å². The molecule has 1 amide bonds. The maximum Gasteiger partial charge on any atom is 0.260 e. The van der Waals surface area contributed by atoms with E-state index in [4.69, 9.17) is 4.74 Å². The number of likely N-dealkylation sites (tertiary alicyclic amines) is 1. The van der Waals surface area contributed by atoms with Gasteiger partial charge in [0.2, 0.25) is 0 Å². The van der Waals surface area contributed by atoms with E-state index in [1.165, 1.54) is 6.07 Å². The number of carbonyl (C=O) groups is 1. The Bertz CT molecular complexity index is 977. The third-order valence-corrected chi connectivity index (χ3v) is 4.64. The van der Waals surface area contributed by atoms with E-state index >= 15 is 0 Å². The number of hydrogen-bond acceptors (Lipinski definition) is 5. The van der Waals surface area contributed by atoms with Crippen LogP contribution in [0.2, 0.25) is 0 Å². The molecule has 7 nitrogen and oxygen atoms in total. The highest BCUT2D eigenvalue weighted by Gasteiger charge is 2.28. The molecule has 1 aliphatic heterocycles. The third-order valence-electron chi connectivity index (χ3n) is 4.64. The van der Waals surface area contributed by atoms with Gasteiger partial charge in [-0.05, 0) is 25.0 Å². The fraction of sp³-hybridized carbons (Fsp3) is 0.333. The van der Waals surface area contributed by atoms with E-state index in [-0.39, 0.29) is 24.2 Å². The lowest BCUT2D eigenvalue weighted by molar-refractivity contribution is -0.134. The summed E-state index contributed by atoms with van der Waals surface area (Å²) >= 11 is 0. The van der Waals surface area contributed by atoms with E-state index in [9.17, 15) is 13.6 Å². The lowest BCUT2D eigenvalue weighted by Crippen LogP contribution is -2.41. The maximum atomic E-state index is 13.6. The van der Waals surface area contributed by atoms with Crippen molar-refractivity contribution in [2.75, 3.05) is 19.7 Å². The Kier molecular flexibility index (Phi) is 4.66. The Morgan fingerprint density at radius 2 is 2.15 bits per heavy atom. The van der Waals surface area contributed by atoms with Gasteiger partial charge < -0.3 is 9.64 Å². The zero-order chi connectivity index (χ0) is 18.8. The van der Waals surface area contributed by atoms with Gasteiger partial charge in [-0.2, -0.15) is 5.10 Å². The number of hydrogen-bond donors (Lipinski definition) is 1. The molecule has 0 aliphatic carbocycles. The molecular formula is C18H17F2N5O2. The summed E-state index contributed by atoms with van der Waals surface area (Å²) in [5, 5.41) is 7.14. The number of amides is 1. The van der Waals surface area contributed by atoms with Crippen LogP contribution in [0.3, 0.4) is 0 Å². The molecule has 27 heavy (non-hydrogen) atoms. The van der Waals surface area contributed by atoms with Gasteiger partial charge in [0, 0.05) is 37.5 Å². The highest BCUT2D eigenvalue weighted by molar-refractivity contribution is 5.78. The number of nitrogens with one attached hydrogen (secondary N) is 1. The number of halogens is 2. The van der Waals surface area contributed by atoms with Crippen molar-refractivity contribution in [3.05, 3.63) is 47.9 Å². The molecule has 0 saturated carbocycles. The Balaban J connectivity index is 1.42. The summed E-state index contributed by atoms with van der Waals surface area (Å²) in [6.45, 7) is 0.781. The van der Waals surface area contributed by atoms with Crippen molar-refractivity contribution in [3.8, 4) is 5.75 Å². The Morgan fingerprint density at radius 1 is 1.30 bits per heavy atom.